The van der Waals surface area contributed by atoms with Crippen molar-refractivity contribution in [2.75, 3.05) is 11.9 Å². The van der Waals surface area contributed by atoms with E-state index in [2.05, 4.69) is 15.3 Å². The first kappa shape index (κ1) is 16.6. The predicted octanol–water partition coefficient (Wildman–Crippen LogP) is 1.98. The van der Waals surface area contributed by atoms with Gasteiger partial charge < -0.3 is 15.4 Å². The molecule has 8 nitrogen and oxygen atoms in total. The molecule has 0 saturated carbocycles. The predicted molar refractivity (Wildman–Crippen MR) is 93.6 cm³/mol. The molecule has 1 heterocycles. The molecule has 0 unspecified atom stereocenters. The maximum atomic E-state index is 11.8. The van der Waals surface area contributed by atoms with Gasteiger partial charge in [0.1, 0.15) is 5.69 Å². The number of nitrogens with zero attached hydrogens (tertiary/aromatic N) is 2. The number of nitro groups is 1. The van der Waals surface area contributed by atoms with Gasteiger partial charge in [0.2, 0.25) is 0 Å². The third-order valence-corrected chi connectivity index (χ3v) is 3.89. The number of benzene rings is 2. The van der Waals surface area contributed by atoms with Crippen LogP contribution in [0.5, 0.6) is 0 Å². The van der Waals surface area contributed by atoms with Crippen molar-refractivity contribution >= 4 is 22.3 Å². The number of H-pyrrole nitrogens is 1. The zero-order chi connectivity index (χ0) is 17.8. The van der Waals surface area contributed by atoms with Gasteiger partial charge in [0.15, 0.2) is 0 Å². The number of fused-ring (bicyclic) bond motifs is 1. The zero-order valence-electron chi connectivity index (χ0n) is 13.2. The Kier molecular flexibility index (Phi) is 4.71. The van der Waals surface area contributed by atoms with Crippen LogP contribution in [0.15, 0.2) is 47.5 Å². The summed E-state index contributed by atoms with van der Waals surface area (Å²) < 4.78 is 0. The lowest BCUT2D eigenvalue weighted by Gasteiger charge is -2.08. The Labute approximate surface area is 142 Å². The standard InChI is InChI=1S/C17H16N4O4/c22-9-12-3-1-11(2-4-12)5-6-18-15-8-14-13(7-16(15)21(24)25)17(23)20-10-19-14/h1-4,7-8,10,18,22H,5-6,9H2,(H,19,20,23). The van der Waals surface area contributed by atoms with E-state index in [1.807, 2.05) is 24.3 Å². The monoisotopic (exact) mass is 340 g/mol. The minimum Gasteiger partial charge on any atom is -0.392 e. The molecule has 2 aromatic carbocycles. The van der Waals surface area contributed by atoms with Crippen molar-refractivity contribution in [3.05, 3.63) is 74.3 Å². The quantitative estimate of drug-likeness (QED) is 0.466. The third kappa shape index (κ3) is 3.64. The van der Waals surface area contributed by atoms with Crippen molar-refractivity contribution in [3.8, 4) is 0 Å². The van der Waals surface area contributed by atoms with Crippen molar-refractivity contribution in [1.82, 2.24) is 9.97 Å². The van der Waals surface area contributed by atoms with Gasteiger partial charge >= 0.3 is 0 Å². The van der Waals surface area contributed by atoms with Crippen LogP contribution >= 0.6 is 0 Å². The third-order valence-electron chi connectivity index (χ3n) is 3.89. The summed E-state index contributed by atoms with van der Waals surface area (Å²) in [5, 5.41) is 23.5. The maximum absolute atomic E-state index is 11.8. The van der Waals surface area contributed by atoms with E-state index in [0.29, 0.717) is 24.2 Å². The first-order valence-electron chi connectivity index (χ1n) is 7.67. The van der Waals surface area contributed by atoms with Crippen molar-refractivity contribution < 1.29 is 10.0 Å². The van der Waals surface area contributed by atoms with E-state index < -0.39 is 10.5 Å². The van der Waals surface area contributed by atoms with Crippen LogP contribution in [0.3, 0.4) is 0 Å². The van der Waals surface area contributed by atoms with Gasteiger partial charge in [-0.3, -0.25) is 14.9 Å². The number of hydrogen-bond acceptors (Lipinski definition) is 6. The molecule has 3 rings (SSSR count). The highest BCUT2D eigenvalue weighted by atomic mass is 16.6. The first-order valence-corrected chi connectivity index (χ1v) is 7.67. The van der Waals surface area contributed by atoms with Crippen molar-refractivity contribution in [3.63, 3.8) is 0 Å². The molecule has 0 radical (unpaired) electrons. The van der Waals surface area contributed by atoms with Crippen LogP contribution in [0.25, 0.3) is 10.9 Å². The topological polar surface area (TPSA) is 121 Å². The summed E-state index contributed by atoms with van der Waals surface area (Å²) in [6.45, 7) is 0.474. The molecule has 0 aliphatic rings. The number of hydrogen-bond donors (Lipinski definition) is 3. The Morgan fingerprint density at radius 3 is 2.60 bits per heavy atom. The number of aliphatic hydroxyl groups excluding tert-OH is 1. The smallest absolute Gasteiger partial charge is 0.293 e. The molecule has 0 fully saturated rings. The van der Waals surface area contributed by atoms with Gasteiger partial charge in [0.25, 0.3) is 11.2 Å². The fraction of sp³-hybridized carbons (Fsp3) is 0.176. The van der Waals surface area contributed by atoms with E-state index in [4.69, 9.17) is 5.11 Å². The van der Waals surface area contributed by atoms with E-state index in [1.165, 1.54) is 18.5 Å². The summed E-state index contributed by atoms with van der Waals surface area (Å²) in [6.07, 6.45) is 1.92. The summed E-state index contributed by atoms with van der Waals surface area (Å²) in [7, 11) is 0. The van der Waals surface area contributed by atoms with E-state index >= 15 is 0 Å². The molecule has 0 spiro atoms. The number of nitrogens with one attached hydrogen (secondary N) is 2. The summed E-state index contributed by atoms with van der Waals surface area (Å²) in [4.78, 5) is 29.0. The molecule has 0 atom stereocenters. The molecule has 0 aliphatic carbocycles. The Morgan fingerprint density at radius 2 is 1.92 bits per heavy atom. The zero-order valence-corrected chi connectivity index (χ0v) is 13.2. The molecular formula is C17H16N4O4. The van der Waals surface area contributed by atoms with E-state index in [9.17, 15) is 14.9 Å². The van der Waals surface area contributed by atoms with Crippen LogP contribution in [0.1, 0.15) is 11.1 Å². The summed E-state index contributed by atoms with van der Waals surface area (Å²) >= 11 is 0. The Hall–Kier alpha value is -3.26. The van der Waals surface area contributed by atoms with Crippen molar-refractivity contribution in [2.24, 2.45) is 0 Å². The molecule has 0 amide bonds. The van der Waals surface area contributed by atoms with Gasteiger partial charge in [-0.2, -0.15) is 0 Å². The molecule has 0 bridgehead atoms. The Morgan fingerprint density at radius 1 is 1.20 bits per heavy atom. The fourth-order valence-electron chi connectivity index (χ4n) is 2.55. The molecule has 25 heavy (non-hydrogen) atoms. The Bertz CT molecular complexity index is 967. The van der Waals surface area contributed by atoms with Gasteiger partial charge in [-0.15, -0.1) is 0 Å². The first-order chi connectivity index (χ1) is 12.1. The molecule has 128 valence electrons. The van der Waals surface area contributed by atoms with Crippen LogP contribution in [-0.4, -0.2) is 26.5 Å². The number of aromatic nitrogens is 2. The average Bonchev–Trinajstić information content (AvgIpc) is 2.62. The number of rotatable bonds is 6. The lowest BCUT2D eigenvalue weighted by Crippen LogP contribution is -2.10. The second kappa shape index (κ2) is 7.10. The summed E-state index contributed by atoms with van der Waals surface area (Å²) in [5.41, 5.74) is 2.01. The van der Waals surface area contributed by atoms with Crippen LogP contribution in [0.4, 0.5) is 11.4 Å². The summed E-state index contributed by atoms with van der Waals surface area (Å²) in [5.74, 6) is 0. The van der Waals surface area contributed by atoms with Gasteiger partial charge in [-0.1, -0.05) is 24.3 Å². The number of aromatic amines is 1. The highest BCUT2D eigenvalue weighted by molar-refractivity contribution is 5.86. The van der Waals surface area contributed by atoms with Crippen LogP contribution in [0, 0.1) is 10.1 Å². The second-order valence-electron chi connectivity index (χ2n) is 5.53. The average molecular weight is 340 g/mol. The van der Waals surface area contributed by atoms with Gasteiger partial charge in [-0.25, -0.2) is 4.98 Å². The normalized spacial score (nSPS) is 10.8. The van der Waals surface area contributed by atoms with Gasteiger partial charge in [-0.05, 0) is 23.6 Å². The van der Waals surface area contributed by atoms with E-state index in [-0.39, 0.29) is 17.7 Å². The van der Waals surface area contributed by atoms with Crippen LogP contribution in [-0.2, 0) is 13.0 Å². The van der Waals surface area contributed by atoms with Gasteiger partial charge in [0, 0.05) is 12.6 Å². The molecule has 0 saturated heterocycles. The summed E-state index contributed by atoms with van der Waals surface area (Å²) in [6, 6.07) is 10.2. The second-order valence-corrected chi connectivity index (χ2v) is 5.53. The maximum Gasteiger partial charge on any atom is 0.293 e. The molecule has 1 aromatic heterocycles. The van der Waals surface area contributed by atoms with E-state index in [0.717, 1.165) is 11.1 Å². The highest BCUT2D eigenvalue weighted by Gasteiger charge is 2.16. The van der Waals surface area contributed by atoms with Crippen LogP contribution in [0.2, 0.25) is 0 Å². The van der Waals surface area contributed by atoms with Crippen molar-refractivity contribution in [2.45, 2.75) is 13.0 Å². The number of nitro benzene ring substituents is 1. The minimum absolute atomic E-state index is 0.00601. The van der Waals surface area contributed by atoms with Gasteiger partial charge in [0.05, 0.1) is 28.8 Å². The SMILES string of the molecule is O=c1[nH]cnc2cc(NCCc3ccc(CO)cc3)c([N+](=O)[O-])cc12. The fourth-order valence-corrected chi connectivity index (χ4v) is 2.55. The van der Waals surface area contributed by atoms with E-state index in [1.54, 1.807) is 0 Å². The van der Waals surface area contributed by atoms with Crippen LogP contribution < -0.4 is 10.9 Å². The lowest BCUT2D eigenvalue weighted by molar-refractivity contribution is -0.383. The lowest BCUT2D eigenvalue weighted by atomic mass is 10.1. The highest BCUT2D eigenvalue weighted by Crippen LogP contribution is 2.27. The molecule has 8 heteroatoms. The van der Waals surface area contributed by atoms with Crippen molar-refractivity contribution in [1.29, 1.82) is 0 Å². The molecular weight excluding hydrogens is 324 g/mol. The number of aliphatic hydroxyl groups is 1. The Balaban J connectivity index is 1.81. The molecule has 0 aliphatic heterocycles. The number of anilines is 1. The largest absolute Gasteiger partial charge is 0.392 e. The molecule has 3 aromatic rings. The minimum atomic E-state index is -0.524. The molecule has 3 N–H and O–H groups in total.